The quantitative estimate of drug-likeness (QED) is 0.332. The number of hydrogen-bond acceptors (Lipinski definition) is 9. The van der Waals surface area contributed by atoms with Crippen LogP contribution in [0.2, 0.25) is 0 Å². The second kappa shape index (κ2) is 10.8. The first kappa shape index (κ1) is 23.3. The van der Waals surface area contributed by atoms with E-state index < -0.39 is 10.9 Å². The van der Waals surface area contributed by atoms with Crippen LogP contribution >= 0.6 is 0 Å². The summed E-state index contributed by atoms with van der Waals surface area (Å²) in [6.07, 6.45) is 1.09. The molecule has 2 aromatic rings. The third-order valence-electron chi connectivity index (χ3n) is 5.01. The summed E-state index contributed by atoms with van der Waals surface area (Å²) in [7, 11) is 2.72. The number of rotatable bonds is 10. The number of aliphatic hydroxyl groups excluding tert-OH is 1. The Morgan fingerprint density at radius 1 is 1.12 bits per heavy atom. The number of methoxy groups -OCH3 is 2. The molecule has 0 radical (unpaired) electrons. The van der Waals surface area contributed by atoms with Crippen molar-refractivity contribution in [3.8, 4) is 17.2 Å². The van der Waals surface area contributed by atoms with Crippen LogP contribution in [-0.4, -0.2) is 55.6 Å². The zero-order chi connectivity index (χ0) is 23.1. The second-order valence-electron chi connectivity index (χ2n) is 7.16. The molecule has 0 spiro atoms. The number of esters is 1. The molecular formula is C22H25NO9. The van der Waals surface area contributed by atoms with Gasteiger partial charge >= 0.3 is 5.97 Å². The van der Waals surface area contributed by atoms with E-state index in [1.54, 1.807) is 12.1 Å². The zero-order valence-corrected chi connectivity index (χ0v) is 17.8. The molecule has 0 saturated carbocycles. The van der Waals surface area contributed by atoms with Crippen LogP contribution in [0.5, 0.6) is 17.2 Å². The van der Waals surface area contributed by atoms with Crippen molar-refractivity contribution in [3.05, 3.63) is 57.6 Å². The molecule has 2 atom stereocenters. The van der Waals surface area contributed by atoms with Crippen LogP contribution in [0.25, 0.3) is 0 Å². The van der Waals surface area contributed by atoms with Gasteiger partial charge in [0.05, 0.1) is 43.5 Å². The van der Waals surface area contributed by atoms with Crippen molar-refractivity contribution in [1.82, 2.24) is 0 Å². The molecule has 10 nitrogen and oxygen atoms in total. The summed E-state index contributed by atoms with van der Waals surface area (Å²) < 4.78 is 27.7. The Morgan fingerprint density at radius 3 is 2.34 bits per heavy atom. The molecule has 0 amide bonds. The standard InChI is InChI=1S/C22H25NO9/c1-28-21-19(30-12-14-3-5-16(6-4-14)23(26)27)9-15(22(25)29-2)10-20(21)31-13-18-8-7-17(11-24)32-18/h3-6,9-10,17-18,24H,7-8,11-13H2,1-2H3. The first-order valence-corrected chi connectivity index (χ1v) is 10.0. The van der Waals surface area contributed by atoms with Crippen LogP contribution < -0.4 is 14.2 Å². The van der Waals surface area contributed by atoms with E-state index in [1.807, 2.05) is 0 Å². The number of aliphatic hydroxyl groups is 1. The molecule has 2 unspecified atom stereocenters. The Hall–Kier alpha value is -3.37. The summed E-state index contributed by atoms with van der Waals surface area (Å²) in [5.74, 6) is 0.251. The molecule has 0 bridgehead atoms. The van der Waals surface area contributed by atoms with Gasteiger partial charge in [0.15, 0.2) is 11.5 Å². The second-order valence-corrected chi connectivity index (χ2v) is 7.16. The van der Waals surface area contributed by atoms with Gasteiger partial charge in [-0.2, -0.15) is 0 Å². The van der Waals surface area contributed by atoms with E-state index in [9.17, 15) is 20.0 Å². The molecule has 172 valence electrons. The topological polar surface area (TPSA) is 127 Å². The number of nitro benzene ring substituents is 1. The molecule has 2 aromatic carbocycles. The van der Waals surface area contributed by atoms with Gasteiger partial charge in [0.1, 0.15) is 13.2 Å². The number of hydrogen-bond donors (Lipinski definition) is 1. The van der Waals surface area contributed by atoms with E-state index in [4.69, 9.17) is 23.7 Å². The fraction of sp³-hybridized carbons (Fsp3) is 0.409. The summed E-state index contributed by atoms with van der Waals surface area (Å²) in [6.45, 7) is 0.250. The fourth-order valence-corrected chi connectivity index (χ4v) is 3.32. The predicted octanol–water partition coefficient (Wildman–Crippen LogP) is 2.89. The van der Waals surface area contributed by atoms with Gasteiger partial charge in [-0.25, -0.2) is 4.79 Å². The largest absolute Gasteiger partial charge is 0.490 e. The normalized spacial score (nSPS) is 17.6. The van der Waals surface area contributed by atoms with Gasteiger partial charge in [0.2, 0.25) is 5.75 Å². The molecule has 1 saturated heterocycles. The van der Waals surface area contributed by atoms with Gasteiger partial charge in [-0.3, -0.25) is 10.1 Å². The molecule has 0 aliphatic carbocycles. The van der Waals surface area contributed by atoms with Gasteiger partial charge in [-0.15, -0.1) is 0 Å². The van der Waals surface area contributed by atoms with E-state index in [-0.39, 0.29) is 60.5 Å². The lowest BCUT2D eigenvalue weighted by molar-refractivity contribution is -0.384. The lowest BCUT2D eigenvalue weighted by Crippen LogP contribution is -2.20. The highest BCUT2D eigenvalue weighted by Crippen LogP contribution is 2.39. The van der Waals surface area contributed by atoms with Crippen molar-refractivity contribution in [2.75, 3.05) is 27.4 Å². The molecule has 0 aromatic heterocycles. The van der Waals surface area contributed by atoms with Crippen molar-refractivity contribution < 1.29 is 38.5 Å². The van der Waals surface area contributed by atoms with Gasteiger partial charge < -0.3 is 28.8 Å². The van der Waals surface area contributed by atoms with Crippen LogP contribution in [0.4, 0.5) is 5.69 Å². The number of non-ortho nitro benzene ring substituents is 1. The van der Waals surface area contributed by atoms with Crippen LogP contribution in [-0.2, 0) is 16.1 Å². The van der Waals surface area contributed by atoms with Crippen LogP contribution in [0.1, 0.15) is 28.8 Å². The average Bonchev–Trinajstić information content (AvgIpc) is 3.28. The first-order chi connectivity index (χ1) is 15.4. The predicted molar refractivity (Wildman–Crippen MR) is 112 cm³/mol. The molecule has 1 N–H and O–H groups in total. The van der Waals surface area contributed by atoms with E-state index in [0.29, 0.717) is 5.56 Å². The summed E-state index contributed by atoms with van der Waals surface area (Å²) in [4.78, 5) is 22.5. The fourth-order valence-electron chi connectivity index (χ4n) is 3.32. The molecule has 32 heavy (non-hydrogen) atoms. The van der Waals surface area contributed by atoms with Crippen LogP contribution in [0.15, 0.2) is 36.4 Å². The third kappa shape index (κ3) is 5.65. The lowest BCUT2D eigenvalue weighted by Gasteiger charge is -2.18. The molecule has 1 aliphatic rings. The first-order valence-electron chi connectivity index (χ1n) is 10.0. The van der Waals surface area contributed by atoms with Crippen molar-refractivity contribution in [2.45, 2.75) is 31.7 Å². The highest BCUT2D eigenvalue weighted by atomic mass is 16.6. The maximum Gasteiger partial charge on any atom is 0.338 e. The van der Waals surface area contributed by atoms with E-state index in [1.165, 1.54) is 38.5 Å². The maximum absolute atomic E-state index is 12.1. The molecule has 1 heterocycles. The van der Waals surface area contributed by atoms with Gasteiger partial charge in [-0.05, 0) is 42.7 Å². The zero-order valence-electron chi connectivity index (χ0n) is 17.8. The van der Waals surface area contributed by atoms with Crippen molar-refractivity contribution >= 4 is 11.7 Å². The van der Waals surface area contributed by atoms with Crippen molar-refractivity contribution in [3.63, 3.8) is 0 Å². The minimum absolute atomic E-state index is 0.0210. The molecule has 1 fully saturated rings. The van der Waals surface area contributed by atoms with Crippen LogP contribution in [0.3, 0.4) is 0 Å². The van der Waals surface area contributed by atoms with Gasteiger partial charge in [-0.1, -0.05) is 0 Å². The number of carbonyl (C=O) groups excluding carboxylic acids is 1. The SMILES string of the molecule is COC(=O)c1cc(OCc2ccc([N+](=O)[O-])cc2)c(OC)c(OCC2CCC(CO)O2)c1. The smallest absolute Gasteiger partial charge is 0.338 e. The molecular weight excluding hydrogens is 422 g/mol. The van der Waals surface area contributed by atoms with Crippen molar-refractivity contribution in [1.29, 1.82) is 0 Å². The number of nitro groups is 1. The van der Waals surface area contributed by atoms with Crippen LogP contribution in [0, 0.1) is 10.1 Å². The minimum Gasteiger partial charge on any atom is -0.490 e. The van der Waals surface area contributed by atoms with Gasteiger partial charge in [0.25, 0.3) is 5.69 Å². The average molecular weight is 447 g/mol. The van der Waals surface area contributed by atoms with E-state index in [0.717, 1.165) is 12.8 Å². The Morgan fingerprint density at radius 2 is 1.78 bits per heavy atom. The maximum atomic E-state index is 12.1. The third-order valence-corrected chi connectivity index (χ3v) is 5.01. The summed E-state index contributed by atoms with van der Waals surface area (Å²) in [5.41, 5.74) is 0.882. The molecule has 3 rings (SSSR count). The number of carbonyl (C=O) groups is 1. The highest BCUT2D eigenvalue weighted by molar-refractivity contribution is 5.91. The summed E-state index contributed by atoms with van der Waals surface area (Å²) >= 11 is 0. The molecule has 10 heteroatoms. The Kier molecular flexibility index (Phi) is 7.85. The van der Waals surface area contributed by atoms with Gasteiger partial charge in [0, 0.05) is 12.1 Å². The summed E-state index contributed by atoms with van der Waals surface area (Å²) in [5, 5.41) is 20.0. The van der Waals surface area contributed by atoms with Crippen molar-refractivity contribution in [2.24, 2.45) is 0 Å². The minimum atomic E-state index is -0.574. The number of benzene rings is 2. The highest BCUT2D eigenvalue weighted by Gasteiger charge is 2.26. The number of nitrogens with zero attached hydrogens (tertiary/aromatic N) is 1. The van der Waals surface area contributed by atoms with E-state index in [2.05, 4.69) is 0 Å². The number of ether oxygens (including phenoxy) is 5. The Bertz CT molecular complexity index is 945. The Balaban J connectivity index is 1.79. The Labute approximate surface area is 184 Å². The monoisotopic (exact) mass is 447 g/mol. The van der Waals surface area contributed by atoms with E-state index >= 15 is 0 Å². The summed E-state index contributed by atoms with van der Waals surface area (Å²) in [6, 6.07) is 8.92. The molecule has 1 aliphatic heterocycles. The lowest BCUT2D eigenvalue weighted by atomic mass is 10.1.